The number of halogens is 1. The first-order valence-corrected chi connectivity index (χ1v) is 9.60. The number of carbonyl (C=O) groups excluding carboxylic acids is 2. The molecule has 3 rings (SSSR count). The summed E-state index contributed by atoms with van der Waals surface area (Å²) < 4.78 is 5.63. The van der Waals surface area contributed by atoms with E-state index in [0.29, 0.717) is 41.0 Å². The van der Waals surface area contributed by atoms with Crippen LogP contribution in [0.2, 0.25) is 5.02 Å². The molecule has 2 N–H and O–H groups in total. The predicted octanol–water partition coefficient (Wildman–Crippen LogP) is 3.45. The standard InChI is InChI=1S/C19H18ClN3O3S/c1-12-15(23-19(26-12)16-7-4-10-27-16)11-17(24)21-8-9-22-18(25)13-5-2-3-6-14(13)20/h2-7,10H,8-9,11H2,1H3,(H,21,24)(H,22,25). The Hall–Kier alpha value is -2.64. The minimum Gasteiger partial charge on any atom is -0.440 e. The molecule has 140 valence electrons. The summed E-state index contributed by atoms with van der Waals surface area (Å²) >= 11 is 7.51. The van der Waals surface area contributed by atoms with E-state index in [-0.39, 0.29) is 18.2 Å². The van der Waals surface area contributed by atoms with E-state index in [1.54, 1.807) is 31.2 Å². The summed E-state index contributed by atoms with van der Waals surface area (Å²) in [5.41, 5.74) is 1.01. The number of rotatable bonds is 7. The van der Waals surface area contributed by atoms with E-state index in [4.69, 9.17) is 16.0 Å². The average Bonchev–Trinajstić information content (AvgIpc) is 3.29. The molecule has 2 aromatic heterocycles. The SMILES string of the molecule is Cc1oc(-c2cccs2)nc1CC(=O)NCCNC(=O)c1ccccc1Cl. The molecule has 0 saturated carbocycles. The van der Waals surface area contributed by atoms with Crippen molar-refractivity contribution in [3.63, 3.8) is 0 Å². The maximum atomic E-state index is 12.1. The van der Waals surface area contributed by atoms with Gasteiger partial charge in [0.05, 0.1) is 27.6 Å². The molecule has 0 aliphatic carbocycles. The summed E-state index contributed by atoms with van der Waals surface area (Å²) in [6.07, 6.45) is 0.124. The lowest BCUT2D eigenvalue weighted by Crippen LogP contribution is -2.35. The lowest BCUT2D eigenvalue weighted by atomic mass is 10.2. The minimum atomic E-state index is -0.275. The molecule has 2 heterocycles. The Morgan fingerprint density at radius 1 is 1.15 bits per heavy atom. The van der Waals surface area contributed by atoms with Gasteiger partial charge < -0.3 is 15.1 Å². The molecule has 2 amide bonds. The fourth-order valence-corrected chi connectivity index (χ4v) is 3.30. The van der Waals surface area contributed by atoms with Gasteiger partial charge in [0.2, 0.25) is 11.8 Å². The summed E-state index contributed by atoms with van der Waals surface area (Å²) in [4.78, 5) is 29.5. The second kappa shape index (κ2) is 8.83. The zero-order valence-electron chi connectivity index (χ0n) is 14.6. The number of benzene rings is 1. The van der Waals surface area contributed by atoms with Gasteiger partial charge in [0.15, 0.2) is 0 Å². The third-order valence-corrected chi connectivity index (χ3v) is 4.99. The zero-order valence-corrected chi connectivity index (χ0v) is 16.2. The molecule has 8 heteroatoms. The van der Waals surface area contributed by atoms with Crippen molar-refractivity contribution < 1.29 is 14.0 Å². The van der Waals surface area contributed by atoms with Crippen LogP contribution in [0, 0.1) is 6.92 Å². The first-order valence-electron chi connectivity index (χ1n) is 8.34. The third-order valence-electron chi connectivity index (χ3n) is 3.80. The predicted molar refractivity (Wildman–Crippen MR) is 105 cm³/mol. The Balaban J connectivity index is 1.45. The van der Waals surface area contributed by atoms with Gasteiger partial charge in [0.25, 0.3) is 5.91 Å². The summed E-state index contributed by atoms with van der Waals surface area (Å²) in [6, 6.07) is 10.6. The molecule has 0 bridgehead atoms. The Kier molecular flexibility index (Phi) is 6.26. The van der Waals surface area contributed by atoms with Crippen LogP contribution in [0.15, 0.2) is 46.2 Å². The molecule has 0 atom stereocenters. The number of oxazole rings is 1. The molecule has 0 saturated heterocycles. The van der Waals surface area contributed by atoms with Crippen LogP contribution in [0.25, 0.3) is 10.8 Å². The van der Waals surface area contributed by atoms with Crippen LogP contribution in [-0.2, 0) is 11.2 Å². The van der Waals surface area contributed by atoms with Crippen LogP contribution in [0.3, 0.4) is 0 Å². The minimum absolute atomic E-state index is 0.124. The zero-order chi connectivity index (χ0) is 19.2. The van der Waals surface area contributed by atoms with Crippen LogP contribution < -0.4 is 10.6 Å². The molecule has 3 aromatic rings. The Morgan fingerprint density at radius 3 is 2.67 bits per heavy atom. The maximum Gasteiger partial charge on any atom is 0.252 e. The highest BCUT2D eigenvalue weighted by molar-refractivity contribution is 7.13. The monoisotopic (exact) mass is 403 g/mol. The molecule has 0 aliphatic rings. The van der Waals surface area contributed by atoms with Crippen molar-refractivity contribution in [1.82, 2.24) is 15.6 Å². The summed E-state index contributed by atoms with van der Waals surface area (Å²) in [6.45, 7) is 2.40. The number of nitrogens with zero attached hydrogens (tertiary/aromatic N) is 1. The van der Waals surface area contributed by atoms with Crippen molar-refractivity contribution in [2.75, 3.05) is 13.1 Å². The summed E-state index contributed by atoms with van der Waals surface area (Å²) in [7, 11) is 0. The number of aryl methyl sites for hydroxylation is 1. The highest BCUT2D eigenvalue weighted by Crippen LogP contribution is 2.26. The van der Waals surface area contributed by atoms with Crippen LogP contribution >= 0.6 is 22.9 Å². The number of nitrogens with one attached hydrogen (secondary N) is 2. The fraction of sp³-hybridized carbons (Fsp3) is 0.211. The van der Waals surface area contributed by atoms with Gasteiger partial charge in [-0.15, -0.1) is 11.3 Å². The van der Waals surface area contributed by atoms with E-state index in [0.717, 1.165) is 4.88 Å². The van der Waals surface area contributed by atoms with E-state index in [2.05, 4.69) is 15.6 Å². The molecule has 27 heavy (non-hydrogen) atoms. The maximum absolute atomic E-state index is 12.1. The molecule has 6 nitrogen and oxygen atoms in total. The topological polar surface area (TPSA) is 84.2 Å². The average molecular weight is 404 g/mol. The fourth-order valence-electron chi connectivity index (χ4n) is 2.43. The molecule has 0 radical (unpaired) electrons. The second-order valence-electron chi connectivity index (χ2n) is 5.76. The van der Waals surface area contributed by atoms with Crippen molar-refractivity contribution in [2.24, 2.45) is 0 Å². The summed E-state index contributed by atoms with van der Waals surface area (Å²) in [5, 5.41) is 7.81. The van der Waals surface area contributed by atoms with Crippen LogP contribution in [0.4, 0.5) is 0 Å². The highest BCUT2D eigenvalue weighted by Gasteiger charge is 2.15. The van der Waals surface area contributed by atoms with E-state index >= 15 is 0 Å². The van der Waals surface area contributed by atoms with Gasteiger partial charge in [-0.1, -0.05) is 29.8 Å². The molecular weight excluding hydrogens is 386 g/mol. The lowest BCUT2D eigenvalue weighted by molar-refractivity contribution is -0.120. The van der Waals surface area contributed by atoms with Gasteiger partial charge in [0.1, 0.15) is 5.76 Å². The van der Waals surface area contributed by atoms with E-state index in [1.165, 1.54) is 11.3 Å². The Bertz CT molecular complexity index is 938. The van der Waals surface area contributed by atoms with E-state index in [1.807, 2.05) is 17.5 Å². The number of amides is 2. The van der Waals surface area contributed by atoms with Gasteiger partial charge in [-0.2, -0.15) is 0 Å². The van der Waals surface area contributed by atoms with Gasteiger partial charge in [-0.25, -0.2) is 4.98 Å². The smallest absolute Gasteiger partial charge is 0.252 e. The Morgan fingerprint density at radius 2 is 1.93 bits per heavy atom. The number of aromatic nitrogens is 1. The molecular formula is C19H18ClN3O3S. The number of hydrogen-bond acceptors (Lipinski definition) is 5. The van der Waals surface area contributed by atoms with E-state index in [9.17, 15) is 9.59 Å². The van der Waals surface area contributed by atoms with Gasteiger partial charge >= 0.3 is 0 Å². The number of carbonyl (C=O) groups is 2. The first kappa shape index (κ1) is 19.1. The second-order valence-corrected chi connectivity index (χ2v) is 7.12. The number of hydrogen-bond donors (Lipinski definition) is 2. The van der Waals surface area contributed by atoms with Crippen molar-refractivity contribution in [1.29, 1.82) is 0 Å². The van der Waals surface area contributed by atoms with Crippen molar-refractivity contribution >= 4 is 34.8 Å². The van der Waals surface area contributed by atoms with Gasteiger partial charge in [0, 0.05) is 13.1 Å². The molecule has 0 fully saturated rings. The third kappa shape index (κ3) is 4.96. The van der Waals surface area contributed by atoms with Crippen molar-refractivity contribution in [2.45, 2.75) is 13.3 Å². The summed E-state index contributed by atoms with van der Waals surface area (Å²) in [5.74, 6) is 0.691. The highest BCUT2D eigenvalue weighted by atomic mass is 35.5. The Labute approximate surface area is 165 Å². The van der Waals surface area contributed by atoms with Crippen LogP contribution in [-0.4, -0.2) is 29.9 Å². The number of thiophene rings is 1. The normalized spacial score (nSPS) is 10.6. The van der Waals surface area contributed by atoms with E-state index < -0.39 is 0 Å². The molecule has 1 aromatic carbocycles. The molecule has 0 aliphatic heterocycles. The largest absolute Gasteiger partial charge is 0.440 e. The van der Waals surface area contributed by atoms with Gasteiger partial charge in [-0.3, -0.25) is 9.59 Å². The van der Waals surface area contributed by atoms with Crippen molar-refractivity contribution in [3.8, 4) is 10.8 Å². The quantitative estimate of drug-likeness (QED) is 0.592. The van der Waals surface area contributed by atoms with Crippen molar-refractivity contribution in [3.05, 3.63) is 63.8 Å². The lowest BCUT2D eigenvalue weighted by Gasteiger charge is -2.07. The first-order chi connectivity index (χ1) is 13.0. The van der Waals surface area contributed by atoms with Crippen LogP contribution in [0.5, 0.6) is 0 Å². The molecule has 0 spiro atoms. The van der Waals surface area contributed by atoms with Gasteiger partial charge in [-0.05, 0) is 30.5 Å². The van der Waals surface area contributed by atoms with Crippen LogP contribution in [0.1, 0.15) is 21.8 Å². The molecule has 0 unspecified atom stereocenters.